The van der Waals surface area contributed by atoms with Crippen LogP contribution in [0.15, 0.2) is 28.9 Å². The number of rotatable bonds is 9. The van der Waals surface area contributed by atoms with E-state index in [1.165, 1.54) is 0 Å². The van der Waals surface area contributed by atoms with Gasteiger partial charge in [0.25, 0.3) is 5.92 Å². The van der Waals surface area contributed by atoms with Crippen LogP contribution in [0.2, 0.25) is 0 Å². The number of halogens is 2. The molecular formula is C25H31F2N3O4. The van der Waals surface area contributed by atoms with Crippen molar-refractivity contribution in [1.82, 2.24) is 10.2 Å². The van der Waals surface area contributed by atoms with Crippen molar-refractivity contribution in [2.24, 2.45) is 0 Å². The van der Waals surface area contributed by atoms with Gasteiger partial charge in [0.2, 0.25) is 17.7 Å². The monoisotopic (exact) mass is 475 g/mol. The van der Waals surface area contributed by atoms with Crippen LogP contribution in [0.5, 0.6) is 0 Å². The van der Waals surface area contributed by atoms with Crippen LogP contribution in [0.4, 0.5) is 14.5 Å². The Morgan fingerprint density at radius 2 is 1.91 bits per heavy atom. The maximum atomic E-state index is 13.2. The number of benzene rings is 1. The van der Waals surface area contributed by atoms with E-state index in [9.17, 15) is 23.2 Å². The predicted molar refractivity (Wildman–Crippen MR) is 124 cm³/mol. The fourth-order valence-corrected chi connectivity index (χ4v) is 4.69. The third-order valence-corrected chi connectivity index (χ3v) is 6.72. The van der Waals surface area contributed by atoms with E-state index in [1.807, 2.05) is 0 Å². The molecule has 2 saturated heterocycles. The fraction of sp³-hybridized carbons (Fsp3) is 0.560. The summed E-state index contributed by atoms with van der Waals surface area (Å²) in [7, 11) is 0. The molecular weight excluding hydrogens is 444 g/mol. The van der Waals surface area contributed by atoms with Crippen molar-refractivity contribution in [2.75, 3.05) is 25.0 Å². The second-order valence-corrected chi connectivity index (χ2v) is 9.32. The minimum atomic E-state index is -2.50. The van der Waals surface area contributed by atoms with Gasteiger partial charge in [0.05, 0.1) is 12.2 Å². The summed E-state index contributed by atoms with van der Waals surface area (Å²) in [4.78, 5) is 38.2. The smallest absolute Gasteiger partial charge is 0.250 e. The molecule has 4 rings (SSSR count). The van der Waals surface area contributed by atoms with Gasteiger partial charge < -0.3 is 14.6 Å². The molecule has 1 aromatic heterocycles. The molecule has 0 aliphatic carbocycles. The SMILES string of the molecule is O=C1CCC(c2coc3ccc(NC(=O)CCCCCCN4CCC(F)(F)CC4)cc23)C(=O)N1. The van der Waals surface area contributed by atoms with Crippen molar-refractivity contribution in [2.45, 2.75) is 69.6 Å². The first-order valence-corrected chi connectivity index (χ1v) is 12.1. The normalized spacial score (nSPS) is 20.9. The average Bonchev–Trinajstić information content (AvgIpc) is 3.20. The van der Waals surface area contributed by atoms with Crippen LogP contribution in [-0.2, 0) is 14.4 Å². The van der Waals surface area contributed by atoms with Crippen LogP contribution >= 0.6 is 0 Å². The summed E-state index contributed by atoms with van der Waals surface area (Å²) in [6.45, 7) is 1.76. The lowest BCUT2D eigenvalue weighted by atomic mass is 9.90. The van der Waals surface area contributed by atoms with Gasteiger partial charge in [-0.3, -0.25) is 19.7 Å². The van der Waals surface area contributed by atoms with Gasteiger partial charge in [0, 0.05) is 55.4 Å². The number of carbonyl (C=O) groups is 3. The first-order valence-electron chi connectivity index (χ1n) is 12.1. The molecule has 3 amide bonds. The average molecular weight is 476 g/mol. The number of likely N-dealkylation sites (tertiary alicyclic amines) is 1. The van der Waals surface area contributed by atoms with Gasteiger partial charge in [0.15, 0.2) is 0 Å². The second kappa shape index (κ2) is 10.6. The van der Waals surface area contributed by atoms with E-state index < -0.39 is 11.8 Å². The van der Waals surface area contributed by atoms with Crippen molar-refractivity contribution >= 4 is 34.4 Å². The quantitative estimate of drug-likeness (QED) is 0.409. The Labute approximate surface area is 197 Å². The van der Waals surface area contributed by atoms with Gasteiger partial charge in [-0.2, -0.15) is 0 Å². The number of hydrogen-bond acceptors (Lipinski definition) is 5. The van der Waals surface area contributed by atoms with E-state index >= 15 is 0 Å². The molecule has 2 aromatic rings. The molecule has 1 atom stereocenters. The molecule has 1 aromatic carbocycles. The summed E-state index contributed by atoms with van der Waals surface area (Å²) in [5, 5.41) is 6.03. The van der Waals surface area contributed by atoms with Gasteiger partial charge in [0.1, 0.15) is 5.58 Å². The zero-order valence-corrected chi connectivity index (χ0v) is 19.2. The number of amides is 3. The van der Waals surface area contributed by atoms with Crippen LogP contribution < -0.4 is 10.6 Å². The Morgan fingerprint density at radius 3 is 2.68 bits per heavy atom. The molecule has 3 heterocycles. The van der Waals surface area contributed by atoms with E-state index in [0.29, 0.717) is 42.8 Å². The largest absolute Gasteiger partial charge is 0.464 e. The number of furan rings is 1. The highest BCUT2D eigenvalue weighted by Gasteiger charge is 2.33. The summed E-state index contributed by atoms with van der Waals surface area (Å²) >= 11 is 0. The zero-order chi connectivity index (χ0) is 24.1. The zero-order valence-electron chi connectivity index (χ0n) is 19.2. The number of hydrogen-bond donors (Lipinski definition) is 2. The number of piperidine rings is 2. The van der Waals surface area contributed by atoms with Crippen LogP contribution in [-0.4, -0.2) is 48.2 Å². The van der Waals surface area contributed by atoms with E-state index in [1.54, 1.807) is 24.5 Å². The van der Waals surface area contributed by atoms with E-state index in [-0.39, 0.29) is 37.0 Å². The number of imide groups is 1. The standard InChI is InChI=1S/C25H31F2N3O4/c26-25(27)10-13-30(14-11-25)12-4-2-1-3-5-22(31)28-17-6-8-21-19(15-17)20(16-34-21)18-7-9-23(32)29-24(18)33/h6,8,15-16,18H,1-5,7,9-14H2,(H,28,31)(H,29,32,33). The first kappa shape index (κ1) is 24.3. The van der Waals surface area contributed by atoms with Gasteiger partial charge in [-0.25, -0.2) is 8.78 Å². The summed E-state index contributed by atoms with van der Waals surface area (Å²) in [5.41, 5.74) is 1.97. The van der Waals surface area contributed by atoms with Gasteiger partial charge in [-0.15, -0.1) is 0 Å². The Bertz CT molecular complexity index is 1040. The molecule has 2 fully saturated rings. The number of nitrogens with zero attached hydrogens (tertiary/aromatic N) is 1. The predicted octanol–water partition coefficient (Wildman–Crippen LogP) is 4.57. The number of fused-ring (bicyclic) bond motifs is 1. The molecule has 2 aliphatic heterocycles. The molecule has 1 unspecified atom stereocenters. The van der Waals surface area contributed by atoms with Crippen molar-refractivity contribution in [1.29, 1.82) is 0 Å². The van der Waals surface area contributed by atoms with Crippen LogP contribution in [0, 0.1) is 0 Å². The number of alkyl halides is 2. The summed E-state index contributed by atoms with van der Waals surface area (Å²) < 4.78 is 32.0. The summed E-state index contributed by atoms with van der Waals surface area (Å²) in [6.07, 6.45) is 6.17. The third kappa shape index (κ3) is 6.20. The maximum absolute atomic E-state index is 13.2. The summed E-state index contributed by atoms with van der Waals surface area (Å²) in [6, 6.07) is 5.33. The van der Waals surface area contributed by atoms with Crippen molar-refractivity contribution in [3.8, 4) is 0 Å². The minimum Gasteiger partial charge on any atom is -0.464 e. The number of anilines is 1. The van der Waals surface area contributed by atoms with Crippen molar-refractivity contribution in [3.05, 3.63) is 30.0 Å². The molecule has 7 nitrogen and oxygen atoms in total. The second-order valence-electron chi connectivity index (χ2n) is 9.32. The lowest BCUT2D eigenvalue weighted by molar-refractivity contribution is -0.134. The van der Waals surface area contributed by atoms with Gasteiger partial charge >= 0.3 is 0 Å². The lowest BCUT2D eigenvalue weighted by Crippen LogP contribution is -2.39. The Kier molecular flexibility index (Phi) is 7.60. The highest BCUT2D eigenvalue weighted by atomic mass is 19.3. The lowest BCUT2D eigenvalue weighted by Gasteiger charge is -2.31. The minimum absolute atomic E-state index is 0.0488. The van der Waals surface area contributed by atoms with E-state index in [4.69, 9.17) is 4.42 Å². The number of unbranched alkanes of at least 4 members (excludes halogenated alkanes) is 3. The Hall–Kier alpha value is -2.81. The fourth-order valence-electron chi connectivity index (χ4n) is 4.69. The molecule has 34 heavy (non-hydrogen) atoms. The molecule has 0 radical (unpaired) electrons. The molecule has 2 N–H and O–H groups in total. The first-order chi connectivity index (χ1) is 16.3. The highest BCUT2D eigenvalue weighted by Crippen LogP contribution is 2.34. The van der Waals surface area contributed by atoms with Crippen molar-refractivity contribution in [3.63, 3.8) is 0 Å². The molecule has 2 aliphatic rings. The van der Waals surface area contributed by atoms with Crippen LogP contribution in [0.3, 0.4) is 0 Å². The molecule has 0 bridgehead atoms. The number of nitrogens with one attached hydrogen (secondary N) is 2. The number of carbonyl (C=O) groups excluding carboxylic acids is 3. The van der Waals surface area contributed by atoms with Gasteiger partial charge in [-0.1, -0.05) is 12.8 Å². The Balaban J connectivity index is 1.20. The van der Waals surface area contributed by atoms with Gasteiger partial charge in [-0.05, 0) is 44.0 Å². The third-order valence-electron chi connectivity index (χ3n) is 6.72. The molecule has 184 valence electrons. The van der Waals surface area contributed by atoms with Crippen LogP contribution in [0.1, 0.15) is 69.3 Å². The molecule has 0 spiro atoms. The molecule has 0 saturated carbocycles. The topological polar surface area (TPSA) is 91.7 Å². The van der Waals surface area contributed by atoms with E-state index in [0.717, 1.165) is 37.6 Å². The molecule has 9 heteroatoms. The maximum Gasteiger partial charge on any atom is 0.250 e. The van der Waals surface area contributed by atoms with Crippen molar-refractivity contribution < 1.29 is 27.6 Å². The van der Waals surface area contributed by atoms with Crippen LogP contribution in [0.25, 0.3) is 11.0 Å². The van der Waals surface area contributed by atoms with E-state index in [2.05, 4.69) is 15.5 Å². The summed E-state index contributed by atoms with van der Waals surface area (Å²) in [5.74, 6) is -3.63. The highest BCUT2D eigenvalue weighted by molar-refractivity contribution is 6.03. The Morgan fingerprint density at radius 1 is 1.15 bits per heavy atom.